The predicted octanol–water partition coefficient (Wildman–Crippen LogP) is 3.27. The lowest BCUT2D eigenvalue weighted by atomic mass is 9.82. The molecular weight excluding hydrogens is 226 g/mol. The Morgan fingerprint density at radius 1 is 1.44 bits per heavy atom. The third kappa shape index (κ3) is 2.57. The van der Waals surface area contributed by atoms with Crippen LogP contribution in [0.1, 0.15) is 58.1 Å². The number of hydrogen-bond acceptors (Lipinski definition) is 2. The van der Waals surface area contributed by atoms with Crippen molar-refractivity contribution in [3.8, 4) is 0 Å². The van der Waals surface area contributed by atoms with E-state index in [1.54, 1.807) is 0 Å². The van der Waals surface area contributed by atoms with E-state index in [4.69, 9.17) is 0 Å². The molecule has 0 saturated heterocycles. The second-order valence-electron chi connectivity index (χ2n) is 5.32. The van der Waals surface area contributed by atoms with Crippen LogP contribution in [0.25, 0.3) is 0 Å². The minimum Gasteiger partial charge on any atom is -0.309 e. The van der Waals surface area contributed by atoms with E-state index in [2.05, 4.69) is 29.4 Å². The van der Waals surface area contributed by atoms with E-state index >= 15 is 0 Å². The summed E-state index contributed by atoms with van der Waals surface area (Å²) in [4.78, 5) is 12.4. The molecule has 1 aromatic heterocycles. The lowest BCUT2D eigenvalue weighted by Crippen LogP contribution is -2.33. The standard InChI is InChI=1S/C14H23N3O/c1-3-7-11-10-12(17-16-11)15-13(18)14(4-2)8-5-6-9-14/h10H,3-9H2,1-2H3,(H2,15,16,17,18). The number of aromatic amines is 1. The summed E-state index contributed by atoms with van der Waals surface area (Å²) >= 11 is 0. The van der Waals surface area contributed by atoms with Crippen LogP contribution in [-0.4, -0.2) is 16.1 Å². The molecule has 100 valence electrons. The highest BCUT2D eigenvalue weighted by atomic mass is 16.2. The average molecular weight is 249 g/mol. The van der Waals surface area contributed by atoms with Crippen LogP contribution >= 0.6 is 0 Å². The van der Waals surface area contributed by atoms with Crippen LogP contribution in [0.5, 0.6) is 0 Å². The van der Waals surface area contributed by atoms with Gasteiger partial charge in [-0.1, -0.05) is 33.1 Å². The van der Waals surface area contributed by atoms with Crippen molar-refractivity contribution in [2.24, 2.45) is 5.41 Å². The van der Waals surface area contributed by atoms with Crippen molar-refractivity contribution >= 4 is 11.7 Å². The molecule has 0 bridgehead atoms. The summed E-state index contributed by atoms with van der Waals surface area (Å²) in [5, 5.41) is 10.1. The Kier molecular flexibility index (Phi) is 4.04. The van der Waals surface area contributed by atoms with Crippen molar-refractivity contribution in [2.45, 2.75) is 58.8 Å². The SMILES string of the molecule is CCCc1cc(NC(=O)C2(CC)CCCC2)n[nH]1. The van der Waals surface area contributed by atoms with E-state index < -0.39 is 0 Å². The van der Waals surface area contributed by atoms with E-state index in [1.165, 1.54) is 12.8 Å². The van der Waals surface area contributed by atoms with Crippen molar-refractivity contribution in [3.63, 3.8) is 0 Å². The second kappa shape index (κ2) is 5.55. The summed E-state index contributed by atoms with van der Waals surface area (Å²) < 4.78 is 0. The number of carbonyl (C=O) groups is 1. The fourth-order valence-corrected chi connectivity index (χ4v) is 2.86. The van der Waals surface area contributed by atoms with Gasteiger partial charge in [0, 0.05) is 17.2 Å². The summed E-state index contributed by atoms with van der Waals surface area (Å²) in [5.74, 6) is 0.820. The number of nitrogens with zero attached hydrogens (tertiary/aromatic N) is 1. The Balaban J connectivity index is 2.01. The van der Waals surface area contributed by atoms with Crippen molar-refractivity contribution < 1.29 is 4.79 Å². The normalized spacial score (nSPS) is 17.9. The molecule has 0 spiro atoms. The van der Waals surface area contributed by atoms with Gasteiger partial charge in [-0.05, 0) is 25.7 Å². The van der Waals surface area contributed by atoms with Crippen LogP contribution in [-0.2, 0) is 11.2 Å². The molecule has 1 aliphatic carbocycles. The lowest BCUT2D eigenvalue weighted by molar-refractivity contribution is -0.125. The highest BCUT2D eigenvalue weighted by Gasteiger charge is 2.39. The first-order chi connectivity index (χ1) is 8.70. The molecule has 4 heteroatoms. The maximum atomic E-state index is 12.4. The first-order valence-corrected chi connectivity index (χ1v) is 7.06. The zero-order valence-electron chi connectivity index (χ0n) is 11.4. The molecule has 1 heterocycles. The zero-order valence-corrected chi connectivity index (χ0v) is 11.4. The molecule has 1 amide bonds. The molecule has 1 fully saturated rings. The molecule has 1 aromatic rings. The van der Waals surface area contributed by atoms with Crippen LogP contribution in [0.4, 0.5) is 5.82 Å². The van der Waals surface area contributed by atoms with Gasteiger partial charge in [-0.3, -0.25) is 9.89 Å². The van der Waals surface area contributed by atoms with E-state index in [0.717, 1.165) is 37.8 Å². The van der Waals surface area contributed by atoms with Gasteiger partial charge >= 0.3 is 0 Å². The summed E-state index contributed by atoms with van der Waals surface area (Å²) in [5.41, 5.74) is 0.939. The quantitative estimate of drug-likeness (QED) is 0.841. The fraction of sp³-hybridized carbons (Fsp3) is 0.714. The van der Waals surface area contributed by atoms with Crippen LogP contribution in [0.2, 0.25) is 0 Å². The largest absolute Gasteiger partial charge is 0.309 e. The molecule has 2 rings (SSSR count). The number of aromatic nitrogens is 2. The first kappa shape index (κ1) is 13.1. The van der Waals surface area contributed by atoms with Crippen LogP contribution in [0, 0.1) is 5.41 Å². The summed E-state index contributed by atoms with van der Waals surface area (Å²) in [7, 11) is 0. The maximum Gasteiger partial charge on any atom is 0.231 e. The summed E-state index contributed by atoms with van der Waals surface area (Å²) in [6.45, 7) is 4.24. The number of nitrogens with one attached hydrogen (secondary N) is 2. The van der Waals surface area contributed by atoms with Gasteiger partial charge in [-0.15, -0.1) is 0 Å². The molecule has 0 radical (unpaired) electrons. The predicted molar refractivity (Wildman–Crippen MR) is 72.4 cm³/mol. The zero-order chi connectivity index (χ0) is 13.0. The van der Waals surface area contributed by atoms with Crippen LogP contribution in [0.3, 0.4) is 0 Å². The third-order valence-electron chi connectivity index (χ3n) is 4.11. The molecular formula is C14H23N3O. The Hall–Kier alpha value is -1.32. The molecule has 0 atom stereocenters. The monoisotopic (exact) mass is 249 g/mol. The fourth-order valence-electron chi connectivity index (χ4n) is 2.86. The highest BCUT2D eigenvalue weighted by Crippen LogP contribution is 2.41. The minimum atomic E-state index is -0.149. The van der Waals surface area contributed by atoms with Gasteiger partial charge in [0.1, 0.15) is 0 Å². The summed E-state index contributed by atoms with van der Waals surface area (Å²) in [6, 6.07) is 1.94. The highest BCUT2D eigenvalue weighted by molar-refractivity contribution is 5.94. The van der Waals surface area contributed by atoms with Crippen molar-refractivity contribution in [1.29, 1.82) is 0 Å². The van der Waals surface area contributed by atoms with Gasteiger partial charge in [0.2, 0.25) is 5.91 Å². The molecule has 18 heavy (non-hydrogen) atoms. The van der Waals surface area contributed by atoms with Gasteiger partial charge in [-0.2, -0.15) is 5.10 Å². The topological polar surface area (TPSA) is 57.8 Å². The molecule has 1 aliphatic rings. The molecule has 4 nitrogen and oxygen atoms in total. The van der Waals surface area contributed by atoms with Crippen molar-refractivity contribution in [2.75, 3.05) is 5.32 Å². The van der Waals surface area contributed by atoms with Gasteiger partial charge in [0.15, 0.2) is 5.82 Å². The van der Waals surface area contributed by atoms with Gasteiger partial charge < -0.3 is 5.32 Å². The lowest BCUT2D eigenvalue weighted by Gasteiger charge is -2.25. The van der Waals surface area contributed by atoms with E-state index in [0.29, 0.717) is 5.82 Å². The van der Waals surface area contributed by atoms with Crippen molar-refractivity contribution in [3.05, 3.63) is 11.8 Å². The second-order valence-corrected chi connectivity index (χ2v) is 5.32. The molecule has 2 N–H and O–H groups in total. The molecule has 0 aliphatic heterocycles. The van der Waals surface area contributed by atoms with Crippen LogP contribution in [0.15, 0.2) is 6.07 Å². The Bertz CT molecular complexity index is 405. The number of rotatable bonds is 5. The third-order valence-corrected chi connectivity index (χ3v) is 4.11. The Morgan fingerprint density at radius 3 is 2.78 bits per heavy atom. The smallest absolute Gasteiger partial charge is 0.231 e. The van der Waals surface area contributed by atoms with Crippen LogP contribution < -0.4 is 5.32 Å². The molecule has 0 unspecified atom stereocenters. The number of anilines is 1. The van der Waals surface area contributed by atoms with E-state index in [1.807, 2.05) is 6.07 Å². The Morgan fingerprint density at radius 2 is 2.17 bits per heavy atom. The number of aryl methyl sites for hydroxylation is 1. The van der Waals surface area contributed by atoms with Crippen molar-refractivity contribution in [1.82, 2.24) is 10.2 Å². The Labute approximate surface area is 109 Å². The average Bonchev–Trinajstić information content (AvgIpc) is 2.99. The van der Waals surface area contributed by atoms with E-state index in [-0.39, 0.29) is 11.3 Å². The summed E-state index contributed by atoms with van der Waals surface area (Å²) in [6.07, 6.45) is 7.34. The number of H-pyrrole nitrogens is 1. The first-order valence-electron chi connectivity index (χ1n) is 7.06. The number of amides is 1. The van der Waals surface area contributed by atoms with Gasteiger partial charge in [0.05, 0.1) is 0 Å². The minimum absolute atomic E-state index is 0.149. The van der Waals surface area contributed by atoms with Gasteiger partial charge in [-0.25, -0.2) is 0 Å². The van der Waals surface area contributed by atoms with Gasteiger partial charge in [0.25, 0.3) is 0 Å². The number of carbonyl (C=O) groups excluding carboxylic acids is 1. The van der Waals surface area contributed by atoms with E-state index in [9.17, 15) is 4.79 Å². The molecule has 0 aromatic carbocycles. The maximum absolute atomic E-state index is 12.4. The number of hydrogen-bond donors (Lipinski definition) is 2. The molecule has 1 saturated carbocycles.